The van der Waals surface area contributed by atoms with Gasteiger partial charge in [-0.1, -0.05) is 60.7 Å². The Kier molecular flexibility index (Phi) is 5.25. The summed E-state index contributed by atoms with van der Waals surface area (Å²) in [6, 6.07) is 23.2. The lowest BCUT2D eigenvalue weighted by Crippen LogP contribution is -2.40. The summed E-state index contributed by atoms with van der Waals surface area (Å²) in [5, 5.41) is 5.60. The smallest absolute Gasteiger partial charge is 0.246 e. The quantitative estimate of drug-likeness (QED) is 0.502. The number of carbonyl (C=O) groups excluding carboxylic acids is 2. The Labute approximate surface area is 170 Å². The first-order valence-corrected chi connectivity index (χ1v) is 9.66. The van der Waals surface area contributed by atoms with Gasteiger partial charge in [0.25, 0.3) is 0 Å². The molecule has 2 amide bonds. The SMILES string of the molecule is CC(NC(=O)/C=C/c1ccccc1)C(=O)Nc1ccc2c(c1)Cc1ccccc1-2. The summed E-state index contributed by atoms with van der Waals surface area (Å²) >= 11 is 0. The Morgan fingerprint density at radius 1 is 0.897 bits per heavy atom. The fraction of sp³-hybridized carbons (Fsp3) is 0.120. The van der Waals surface area contributed by atoms with Gasteiger partial charge in [0.1, 0.15) is 6.04 Å². The first kappa shape index (κ1) is 18.7. The molecule has 0 spiro atoms. The second-order valence-corrected chi connectivity index (χ2v) is 7.17. The van der Waals surface area contributed by atoms with Crippen LogP contribution >= 0.6 is 0 Å². The molecule has 4 heteroatoms. The minimum Gasteiger partial charge on any atom is -0.341 e. The predicted octanol–water partition coefficient (Wildman–Crippen LogP) is 4.41. The number of rotatable bonds is 5. The van der Waals surface area contributed by atoms with Crippen molar-refractivity contribution in [3.05, 3.63) is 95.6 Å². The van der Waals surface area contributed by atoms with Crippen molar-refractivity contribution in [3.63, 3.8) is 0 Å². The van der Waals surface area contributed by atoms with E-state index in [1.807, 2.05) is 60.7 Å². The van der Waals surface area contributed by atoms with Gasteiger partial charge in [-0.15, -0.1) is 0 Å². The molecule has 0 radical (unpaired) electrons. The lowest BCUT2D eigenvalue weighted by Gasteiger charge is -2.14. The maximum absolute atomic E-state index is 12.5. The lowest BCUT2D eigenvalue weighted by molar-refractivity contribution is -0.123. The largest absolute Gasteiger partial charge is 0.341 e. The van der Waals surface area contributed by atoms with E-state index >= 15 is 0 Å². The lowest BCUT2D eigenvalue weighted by atomic mass is 10.1. The molecule has 3 aromatic rings. The molecular weight excluding hydrogens is 360 g/mol. The third-order valence-electron chi connectivity index (χ3n) is 5.04. The maximum Gasteiger partial charge on any atom is 0.246 e. The highest BCUT2D eigenvalue weighted by Gasteiger charge is 2.19. The van der Waals surface area contributed by atoms with Crippen LogP contribution in [0.3, 0.4) is 0 Å². The molecule has 29 heavy (non-hydrogen) atoms. The van der Waals surface area contributed by atoms with Crippen LogP contribution in [-0.2, 0) is 16.0 Å². The van der Waals surface area contributed by atoms with E-state index in [1.165, 1.54) is 28.3 Å². The van der Waals surface area contributed by atoms with Crippen LogP contribution < -0.4 is 10.6 Å². The summed E-state index contributed by atoms with van der Waals surface area (Å²) in [6.07, 6.45) is 4.02. The molecule has 0 bridgehead atoms. The van der Waals surface area contributed by atoms with Crippen LogP contribution in [0.4, 0.5) is 5.69 Å². The standard InChI is InChI=1S/C25H22N2O2/c1-17(26-24(28)14-11-18-7-3-2-4-8-18)25(29)27-21-12-13-23-20(16-21)15-19-9-5-6-10-22(19)23/h2-14,16-17H,15H2,1H3,(H,26,28)(H,27,29)/b14-11+. The van der Waals surface area contributed by atoms with Gasteiger partial charge in [-0.3, -0.25) is 9.59 Å². The minimum absolute atomic E-state index is 0.248. The molecule has 0 heterocycles. The van der Waals surface area contributed by atoms with Gasteiger partial charge in [-0.05, 0) is 59.4 Å². The van der Waals surface area contributed by atoms with E-state index in [9.17, 15) is 9.59 Å². The van der Waals surface area contributed by atoms with Crippen LogP contribution in [0.25, 0.3) is 17.2 Å². The summed E-state index contributed by atoms with van der Waals surface area (Å²) in [7, 11) is 0. The van der Waals surface area contributed by atoms with Crippen molar-refractivity contribution in [3.8, 4) is 11.1 Å². The van der Waals surface area contributed by atoms with E-state index in [1.54, 1.807) is 13.0 Å². The van der Waals surface area contributed by atoms with E-state index in [-0.39, 0.29) is 11.8 Å². The van der Waals surface area contributed by atoms with Gasteiger partial charge in [-0.25, -0.2) is 0 Å². The Hall–Kier alpha value is -3.66. The van der Waals surface area contributed by atoms with Crippen molar-refractivity contribution in [1.82, 2.24) is 5.32 Å². The van der Waals surface area contributed by atoms with Gasteiger partial charge in [0.15, 0.2) is 0 Å². The monoisotopic (exact) mass is 382 g/mol. The Morgan fingerprint density at radius 3 is 2.45 bits per heavy atom. The molecule has 4 nitrogen and oxygen atoms in total. The molecule has 0 aromatic heterocycles. The van der Waals surface area contributed by atoms with Crippen molar-refractivity contribution in [2.45, 2.75) is 19.4 Å². The summed E-state index contributed by atoms with van der Waals surface area (Å²) in [6.45, 7) is 1.67. The average molecular weight is 382 g/mol. The van der Waals surface area contributed by atoms with Gasteiger partial charge in [-0.2, -0.15) is 0 Å². The average Bonchev–Trinajstić information content (AvgIpc) is 3.10. The summed E-state index contributed by atoms with van der Waals surface area (Å²) < 4.78 is 0. The van der Waals surface area contributed by atoms with Crippen molar-refractivity contribution in [2.24, 2.45) is 0 Å². The van der Waals surface area contributed by atoms with Crippen LogP contribution in [0.2, 0.25) is 0 Å². The first-order valence-electron chi connectivity index (χ1n) is 9.66. The summed E-state index contributed by atoms with van der Waals surface area (Å²) in [5.74, 6) is -0.553. The van der Waals surface area contributed by atoms with Gasteiger partial charge < -0.3 is 10.6 Å². The van der Waals surface area contributed by atoms with E-state index in [0.29, 0.717) is 0 Å². The molecule has 1 aliphatic carbocycles. The molecule has 0 aliphatic heterocycles. The molecule has 1 atom stereocenters. The molecule has 0 saturated heterocycles. The number of anilines is 1. The number of fused-ring (bicyclic) bond motifs is 3. The molecule has 0 saturated carbocycles. The Balaban J connectivity index is 1.36. The predicted molar refractivity (Wildman–Crippen MR) is 116 cm³/mol. The second-order valence-electron chi connectivity index (χ2n) is 7.17. The van der Waals surface area contributed by atoms with Crippen molar-refractivity contribution < 1.29 is 9.59 Å². The fourth-order valence-corrected chi connectivity index (χ4v) is 3.54. The summed E-state index contributed by atoms with van der Waals surface area (Å²) in [5.41, 5.74) is 6.64. The topological polar surface area (TPSA) is 58.2 Å². The van der Waals surface area contributed by atoms with E-state index < -0.39 is 6.04 Å². The molecule has 1 aliphatic rings. The minimum atomic E-state index is -0.645. The van der Waals surface area contributed by atoms with Crippen LogP contribution in [0.1, 0.15) is 23.6 Å². The molecule has 2 N–H and O–H groups in total. The van der Waals surface area contributed by atoms with Crippen molar-refractivity contribution in [2.75, 3.05) is 5.32 Å². The number of carbonyl (C=O) groups is 2. The zero-order valence-electron chi connectivity index (χ0n) is 16.2. The zero-order valence-corrected chi connectivity index (χ0v) is 16.2. The normalized spacial score (nSPS) is 12.9. The van der Waals surface area contributed by atoms with Crippen molar-refractivity contribution in [1.29, 1.82) is 0 Å². The van der Waals surface area contributed by atoms with Gasteiger partial charge in [0.2, 0.25) is 11.8 Å². The second kappa shape index (κ2) is 8.15. The van der Waals surface area contributed by atoms with Gasteiger partial charge >= 0.3 is 0 Å². The van der Waals surface area contributed by atoms with E-state index in [0.717, 1.165) is 17.7 Å². The van der Waals surface area contributed by atoms with Gasteiger partial charge in [0.05, 0.1) is 0 Å². The Bertz CT molecular complexity index is 1090. The first-order chi connectivity index (χ1) is 14.1. The summed E-state index contributed by atoms with van der Waals surface area (Å²) in [4.78, 5) is 24.6. The third kappa shape index (κ3) is 4.27. The highest BCUT2D eigenvalue weighted by Crippen LogP contribution is 2.37. The van der Waals surface area contributed by atoms with E-state index in [2.05, 4.69) is 22.8 Å². The van der Waals surface area contributed by atoms with Crippen LogP contribution in [0.15, 0.2) is 78.9 Å². The molecular formula is C25H22N2O2. The molecule has 0 fully saturated rings. The molecule has 144 valence electrons. The van der Waals surface area contributed by atoms with Gasteiger partial charge in [0, 0.05) is 11.8 Å². The zero-order chi connectivity index (χ0) is 20.2. The van der Waals surface area contributed by atoms with Crippen LogP contribution in [-0.4, -0.2) is 17.9 Å². The molecule has 1 unspecified atom stereocenters. The molecule has 3 aromatic carbocycles. The maximum atomic E-state index is 12.5. The molecule has 4 rings (SSSR count). The fourth-order valence-electron chi connectivity index (χ4n) is 3.54. The third-order valence-corrected chi connectivity index (χ3v) is 5.04. The number of amides is 2. The number of nitrogens with one attached hydrogen (secondary N) is 2. The van der Waals surface area contributed by atoms with Crippen LogP contribution in [0, 0.1) is 0 Å². The number of benzene rings is 3. The number of hydrogen-bond acceptors (Lipinski definition) is 2. The van der Waals surface area contributed by atoms with Crippen molar-refractivity contribution >= 4 is 23.6 Å². The highest BCUT2D eigenvalue weighted by molar-refractivity contribution is 6.00. The van der Waals surface area contributed by atoms with E-state index in [4.69, 9.17) is 0 Å². The Morgan fingerprint density at radius 2 is 1.62 bits per heavy atom. The highest BCUT2D eigenvalue weighted by atomic mass is 16.2. The number of hydrogen-bond donors (Lipinski definition) is 2. The van der Waals surface area contributed by atoms with Crippen LogP contribution in [0.5, 0.6) is 0 Å².